The number of anilines is 3. The molecule has 2 aliphatic rings. The molecular formula is C31H36FN9. The average Bonchev–Trinajstić information content (AvgIpc) is 3.53. The van der Waals surface area contributed by atoms with Gasteiger partial charge in [0.25, 0.3) is 0 Å². The predicted molar refractivity (Wildman–Crippen MR) is 162 cm³/mol. The third kappa shape index (κ3) is 4.70. The summed E-state index contributed by atoms with van der Waals surface area (Å²) in [5.41, 5.74) is 11.4. The van der Waals surface area contributed by atoms with Crippen molar-refractivity contribution < 1.29 is 4.39 Å². The van der Waals surface area contributed by atoms with E-state index in [-0.39, 0.29) is 5.82 Å². The van der Waals surface area contributed by atoms with Crippen molar-refractivity contribution in [1.82, 2.24) is 33.9 Å². The Labute approximate surface area is 238 Å². The van der Waals surface area contributed by atoms with Crippen LogP contribution >= 0.6 is 0 Å². The average molecular weight is 554 g/mol. The first-order valence-corrected chi connectivity index (χ1v) is 14.5. The molecular weight excluding hydrogens is 517 g/mol. The van der Waals surface area contributed by atoms with E-state index in [4.69, 9.17) is 10.7 Å². The fourth-order valence-corrected chi connectivity index (χ4v) is 6.69. The highest BCUT2D eigenvalue weighted by atomic mass is 19.1. The largest absolute Gasteiger partial charge is 0.383 e. The molecule has 1 saturated heterocycles. The van der Waals surface area contributed by atoms with Gasteiger partial charge in [-0.05, 0) is 62.6 Å². The van der Waals surface area contributed by atoms with E-state index in [2.05, 4.69) is 55.0 Å². The van der Waals surface area contributed by atoms with Gasteiger partial charge in [0, 0.05) is 62.8 Å². The van der Waals surface area contributed by atoms with Gasteiger partial charge in [0.05, 0.1) is 10.9 Å². The molecule has 5 aromatic rings. The normalized spacial score (nSPS) is 20.7. The molecule has 0 amide bonds. The summed E-state index contributed by atoms with van der Waals surface area (Å²) in [4.78, 5) is 18.7. The van der Waals surface area contributed by atoms with Crippen molar-refractivity contribution in [2.45, 2.75) is 37.8 Å². The molecule has 212 valence electrons. The Morgan fingerprint density at radius 2 is 1.63 bits per heavy atom. The van der Waals surface area contributed by atoms with Gasteiger partial charge in [0.2, 0.25) is 5.95 Å². The first kappa shape index (κ1) is 25.9. The topological polar surface area (TPSA) is 93.1 Å². The highest BCUT2D eigenvalue weighted by molar-refractivity contribution is 6.00. The van der Waals surface area contributed by atoms with Gasteiger partial charge < -0.3 is 25.1 Å². The molecule has 0 spiro atoms. The van der Waals surface area contributed by atoms with Crippen LogP contribution in [0, 0.1) is 5.82 Å². The molecule has 1 saturated carbocycles. The lowest BCUT2D eigenvalue weighted by Crippen LogP contribution is -2.49. The van der Waals surface area contributed by atoms with Gasteiger partial charge in [0.15, 0.2) is 0 Å². The van der Waals surface area contributed by atoms with Crippen LogP contribution < -0.4 is 11.1 Å². The van der Waals surface area contributed by atoms with Crippen LogP contribution in [0.15, 0.2) is 55.0 Å². The Morgan fingerprint density at radius 1 is 0.902 bits per heavy atom. The van der Waals surface area contributed by atoms with Crippen LogP contribution in [0.3, 0.4) is 0 Å². The second-order valence-electron chi connectivity index (χ2n) is 11.5. The molecule has 3 N–H and O–H groups in total. The highest BCUT2D eigenvalue weighted by Gasteiger charge is 2.30. The van der Waals surface area contributed by atoms with Gasteiger partial charge >= 0.3 is 0 Å². The maximum atomic E-state index is 14.3. The van der Waals surface area contributed by atoms with E-state index in [0.29, 0.717) is 34.9 Å². The van der Waals surface area contributed by atoms with E-state index in [1.54, 1.807) is 17.0 Å². The summed E-state index contributed by atoms with van der Waals surface area (Å²) in [6, 6.07) is 14.2. The molecule has 2 aromatic carbocycles. The number of nitrogens with one attached hydrogen (secondary N) is 1. The number of fused-ring (bicyclic) bond motifs is 2. The molecule has 2 fully saturated rings. The van der Waals surface area contributed by atoms with Crippen molar-refractivity contribution in [2.75, 3.05) is 44.3 Å². The summed E-state index contributed by atoms with van der Waals surface area (Å²) in [6.45, 7) is 4.66. The van der Waals surface area contributed by atoms with Gasteiger partial charge in [-0.3, -0.25) is 4.90 Å². The van der Waals surface area contributed by atoms with Crippen LogP contribution in [-0.4, -0.2) is 73.2 Å². The first-order chi connectivity index (χ1) is 20.0. The standard InChI is InChI=1S/C31H36FN9/c1-38-14-16-40(17-15-38)22-10-12-23(13-11-22)41-18-24(27-29(33)34-19-35-30(27)41)20-6-8-21(9-7-20)36-31-37-26-5-3-4-25(32)28(26)39(31)2/h3-9,18-19,22-23H,10-17H2,1-2H3,(H,36,37)(H2,33,34,35). The molecule has 0 radical (unpaired) electrons. The first-order valence-electron chi connectivity index (χ1n) is 14.5. The van der Waals surface area contributed by atoms with Crippen molar-refractivity contribution in [2.24, 2.45) is 7.05 Å². The molecule has 0 atom stereocenters. The van der Waals surface area contributed by atoms with E-state index in [9.17, 15) is 4.39 Å². The molecule has 1 aliphatic heterocycles. The number of nitrogens with two attached hydrogens (primary N) is 1. The van der Waals surface area contributed by atoms with Crippen LogP contribution in [0.5, 0.6) is 0 Å². The third-order valence-electron chi connectivity index (χ3n) is 9.05. The number of halogens is 1. The molecule has 0 bridgehead atoms. The van der Waals surface area contributed by atoms with Crippen molar-refractivity contribution in [1.29, 1.82) is 0 Å². The molecule has 3 aromatic heterocycles. The van der Waals surface area contributed by atoms with E-state index in [1.165, 1.54) is 32.0 Å². The summed E-state index contributed by atoms with van der Waals surface area (Å²) in [7, 11) is 4.02. The number of aromatic nitrogens is 5. The number of nitrogens with zero attached hydrogens (tertiary/aromatic N) is 7. The van der Waals surface area contributed by atoms with Gasteiger partial charge in [-0.25, -0.2) is 19.3 Å². The quantitative estimate of drug-likeness (QED) is 0.310. The van der Waals surface area contributed by atoms with Gasteiger partial charge in [-0.15, -0.1) is 0 Å². The monoisotopic (exact) mass is 553 g/mol. The Morgan fingerprint density at radius 3 is 2.37 bits per heavy atom. The molecule has 10 heteroatoms. The molecule has 0 unspecified atom stereocenters. The van der Waals surface area contributed by atoms with Crippen LogP contribution in [0.2, 0.25) is 0 Å². The van der Waals surface area contributed by atoms with Crippen molar-refractivity contribution >= 4 is 39.5 Å². The van der Waals surface area contributed by atoms with Gasteiger partial charge in [0.1, 0.15) is 29.1 Å². The Hall–Kier alpha value is -4.02. The lowest BCUT2D eigenvalue weighted by molar-refractivity contribution is 0.0828. The minimum atomic E-state index is -0.287. The number of aryl methyl sites for hydroxylation is 1. The summed E-state index contributed by atoms with van der Waals surface area (Å²) >= 11 is 0. The van der Waals surface area contributed by atoms with E-state index >= 15 is 0 Å². The second-order valence-corrected chi connectivity index (χ2v) is 11.5. The number of imidazole rings is 1. The van der Waals surface area contributed by atoms with Crippen molar-refractivity contribution in [3.63, 3.8) is 0 Å². The number of nitrogen functional groups attached to an aromatic ring is 1. The van der Waals surface area contributed by atoms with Crippen LogP contribution in [0.25, 0.3) is 33.2 Å². The minimum Gasteiger partial charge on any atom is -0.383 e. The molecule has 7 rings (SSSR count). The fourth-order valence-electron chi connectivity index (χ4n) is 6.69. The Bertz CT molecular complexity index is 1690. The number of piperazine rings is 1. The molecule has 1 aliphatic carbocycles. The zero-order valence-electron chi connectivity index (χ0n) is 23.6. The number of para-hydroxylation sites is 1. The smallest absolute Gasteiger partial charge is 0.208 e. The Balaban J connectivity index is 1.13. The minimum absolute atomic E-state index is 0.287. The van der Waals surface area contributed by atoms with Crippen molar-refractivity contribution in [3.8, 4) is 11.1 Å². The number of likely N-dealkylation sites (N-methyl/N-ethyl adjacent to an activating group) is 1. The van der Waals surface area contributed by atoms with Gasteiger partial charge in [-0.1, -0.05) is 18.2 Å². The second kappa shape index (κ2) is 10.4. The number of benzene rings is 2. The van der Waals surface area contributed by atoms with Gasteiger partial charge in [-0.2, -0.15) is 0 Å². The van der Waals surface area contributed by atoms with Crippen LogP contribution in [0.1, 0.15) is 31.7 Å². The lowest BCUT2D eigenvalue weighted by Gasteiger charge is -2.41. The number of hydrogen-bond donors (Lipinski definition) is 2. The zero-order valence-corrected chi connectivity index (χ0v) is 23.6. The van der Waals surface area contributed by atoms with E-state index < -0.39 is 0 Å². The third-order valence-corrected chi connectivity index (χ3v) is 9.05. The molecule has 4 heterocycles. The maximum Gasteiger partial charge on any atom is 0.208 e. The maximum absolute atomic E-state index is 14.3. The molecule has 9 nitrogen and oxygen atoms in total. The summed E-state index contributed by atoms with van der Waals surface area (Å²) in [5, 5.41) is 4.23. The van der Waals surface area contributed by atoms with Crippen LogP contribution in [0.4, 0.5) is 21.8 Å². The summed E-state index contributed by atoms with van der Waals surface area (Å²) in [6.07, 6.45) is 8.46. The highest BCUT2D eigenvalue weighted by Crippen LogP contribution is 2.39. The Kier molecular flexibility index (Phi) is 6.59. The van der Waals surface area contributed by atoms with E-state index in [0.717, 1.165) is 53.8 Å². The van der Waals surface area contributed by atoms with Crippen molar-refractivity contribution in [3.05, 3.63) is 60.8 Å². The summed E-state index contributed by atoms with van der Waals surface area (Å²) in [5.74, 6) is 0.794. The fraction of sp³-hybridized carbons (Fsp3) is 0.387. The SMILES string of the molecule is CN1CCN(C2CCC(n3cc(-c4ccc(Nc5nc6cccc(F)c6n5C)cc4)c4c(N)ncnc43)CC2)CC1. The molecule has 41 heavy (non-hydrogen) atoms. The predicted octanol–water partition coefficient (Wildman–Crippen LogP) is 5.18. The number of hydrogen-bond acceptors (Lipinski definition) is 7. The number of rotatable bonds is 5. The van der Waals surface area contributed by atoms with Crippen LogP contribution in [-0.2, 0) is 7.05 Å². The summed E-state index contributed by atoms with van der Waals surface area (Å²) < 4.78 is 18.4. The lowest BCUT2D eigenvalue weighted by atomic mass is 9.89. The zero-order chi connectivity index (χ0) is 28.1. The van der Waals surface area contributed by atoms with E-state index in [1.807, 2.05) is 25.2 Å².